The number of benzene rings is 2. The van der Waals surface area contributed by atoms with Gasteiger partial charge in [0.1, 0.15) is 5.75 Å². The van der Waals surface area contributed by atoms with E-state index in [2.05, 4.69) is 15.2 Å². The molecule has 28 heavy (non-hydrogen) atoms. The number of carbonyl (C=O) groups excluding carboxylic acids is 1. The fraction of sp³-hybridized carbons (Fsp3) is 0.111. The van der Waals surface area contributed by atoms with E-state index in [1.165, 1.54) is 24.3 Å². The molecule has 3 rings (SSSR count). The zero-order chi connectivity index (χ0) is 20.3. The normalized spacial score (nSPS) is 11.5. The quantitative estimate of drug-likeness (QED) is 0.633. The van der Waals surface area contributed by atoms with Crippen molar-refractivity contribution in [2.24, 2.45) is 0 Å². The van der Waals surface area contributed by atoms with Crippen molar-refractivity contribution < 1.29 is 31.5 Å². The number of halogens is 5. The third-order valence-electron chi connectivity index (χ3n) is 3.62. The van der Waals surface area contributed by atoms with E-state index in [1.54, 1.807) is 18.2 Å². The van der Waals surface area contributed by atoms with E-state index >= 15 is 0 Å². The summed E-state index contributed by atoms with van der Waals surface area (Å²) in [4.78, 5) is 12.4. The zero-order valence-corrected chi connectivity index (χ0v) is 14.0. The minimum atomic E-state index is -4.84. The van der Waals surface area contributed by atoms with Crippen LogP contribution in [0.25, 0.3) is 5.69 Å². The lowest BCUT2D eigenvalue weighted by Crippen LogP contribution is -2.20. The molecule has 0 atom stereocenters. The molecule has 0 radical (unpaired) electrons. The Morgan fingerprint density at radius 3 is 2.25 bits per heavy atom. The summed E-state index contributed by atoms with van der Waals surface area (Å²) in [5.74, 6) is -1.20. The van der Waals surface area contributed by atoms with Gasteiger partial charge in [-0.2, -0.15) is 27.1 Å². The van der Waals surface area contributed by atoms with E-state index in [1.807, 2.05) is 0 Å². The summed E-state index contributed by atoms with van der Waals surface area (Å²) < 4.78 is 69.8. The van der Waals surface area contributed by atoms with E-state index in [0.29, 0.717) is 4.68 Å². The van der Waals surface area contributed by atoms with E-state index < -0.39 is 30.0 Å². The molecular formula is C18H12F5N3O2. The second-order valence-electron chi connectivity index (χ2n) is 5.51. The van der Waals surface area contributed by atoms with Crippen molar-refractivity contribution in [1.82, 2.24) is 9.78 Å². The SMILES string of the molecule is O=C(Nc1ccc(OC(F)F)cc1)c1cnn(-c2ccccc2)c1C(F)(F)F. The van der Waals surface area contributed by atoms with E-state index in [-0.39, 0.29) is 17.1 Å². The second-order valence-corrected chi connectivity index (χ2v) is 5.51. The van der Waals surface area contributed by atoms with Crippen LogP contribution in [0, 0.1) is 0 Å². The van der Waals surface area contributed by atoms with Gasteiger partial charge in [-0.1, -0.05) is 18.2 Å². The first-order chi connectivity index (χ1) is 13.3. The van der Waals surface area contributed by atoms with Crippen LogP contribution in [-0.4, -0.2) is 22.3 Å². The van der Waals surface area contributed by atoms with Crippen LogP contribution in [0.3, 0.4) is 0 Å². The molecule has 0 fully saturated rings. The van der Waals surface area contributed by atoms with Gasteiger partial charge in [-0.3, -0.25) is 4.79 Å². The molecule has 10 heteroatoms. The van der Waals surface area contributed by atoms with E-state index in [4.69, 9.17) is 0 Å². The van der Waals surface area contributed by atoms with Crippen molar-refractivity contribution in [3.05, 3.63) is 72.1 Å². The molecule has 0 bridgehead atoms. The number of hydrogen-bond acceptors (Lipinski definition) is 3. The van der Waals surface area contributed by atoms with E-state index in [0.717, 1.165) is 18.3 Å². The Hall–Kier alpha value is -3.43. The van der Waals surface area contributed by atoms with E-state index in [9.17, 15) is 26.7 Å². The van der Waals surface area contributed by atoms with Crippen molar-refractivity contribution >= 4 is 11.6 Å². The number of rotatable bonds is 5. The Kier molecular flexibility index (Phi) is 5.30. The van der Waals surface area contributed by atoms with Gasteiger partial charge in [0.2, 0.25) is 0 Å². The van der Waals surface area contributed by atoms with Crippen LogP contribution in [-0.2, 0) is 6.18 Å². The third-order valence-corrected chi connectivity index (χ3v) is 3.62. The van der Waals surface area contributed by atoms with Crippen LogP contribution in [0.15, 0.2) is 60.8 Å². The van der Waals surface area contributed by atoms with Crippen molar-refractivity contribution in [3.8, 4) is 11.4 Å². The van der Waals surface area contributed by atoms with Crippen molar-refractivity contribution in [2.75, 3.05) is 5.32 Å². The fourth-order valence-corrected chi connectivity index (χ4v) is 2.47. The van der Waals surface area contributed by atoms with Gasteiger partial charge < -0.3 is 10.1 Å². The molecule has 1 amide bonds. The highest BCUT2D eigenvalue weighted by Gasteiger charge is 2.40. The van der Waals surface area contributed by atoms with Crippen LogP contribution in [0.4, 0.5) is 27.6 Å². The summed E-state index contributed by atoms with van der Waals surface area (Å²) in [5, 5.41) is 5.98. The number of para-hydroxylation sites is 1. The van der Waals surface area contributed by atoms with Crippen molar-refractivity contribution in [3.63, 3.8) is 0 Å². The highest BCUT2D eigenvalue weighted by molar-refractivity contribution is 6.05. The lowest BCUT2D eigenvalue weighted by molar-refractivity contribution is -0.143. The summed E-state index contributed by atoms with van der Waals surface area (Å²) in [6.07, 6.45) is -4.02. The molecule has 0 spiro atoms. The predicted octanol–water partition coefficient (Wildman–Crippen LogP) is 4.74. The second kappa shape index (κ2) is 7.67. The molecular weight excluding hydrogens is 385 g/mol. The molecule has 0 aliphatic carbocycles. The van der Waals surface area contributed by atoms with Gasteiger partial charge in [-0.15, -0.1) is 0 Å². The summed E-state index contributed by atoms with van der Waals surface area (Å²) in [6.45, 7) is -3.02. The minimum Gasteiger partial charge on any atom is -0.435 e. The Labute approximate surface area is 155 Å². The first kappa shape index (κ1) is 19.3. The van der Waals surface area contributed by atoms with Crippen LogP contribution in [0.2, 0.25) is 0 Å². The predicted molar refractivity (Wildman–Crippen MR) is 89.6 cm³/mol. The van der Waals surface area contributed by atoms with Crippen molar-refractivity contribution in [2.45, 2.75) is 12.8 Å². The monoisotopic (exact) mass is 397 g/mol. The third kappa shape index (κ3) is 4.27. The number of alkyl halides is 5. The Morgan fingerprint density at radius 1 is 1.04 bits per heavy atom. The smallest absolute Gasteiger partial charge is 0.434 e. The highest BCUT2D eigenvalue weighted by atomic mass is 19.4. The van der Waals surface area contributed by atoms with Crippen molar-refractivity contribution in [1.29, 1.82) is 0 Å². The summed E-state index contributed by atoms with van der Waals surface area (Å²) in [6, 6.07) is 12.3. The Morgan fingerprint density at radius 2 is 1.68 bits per heavy atom. The molecule has 1 aromatic heterocycles. The Bertz CT molecular complexity index is 954. The number of aromatic nitrogens is 2. The van der Waals surface area contributed by atoms with Crippen LogP contribution >= 0.6 is 0 Å². The summed E-state index contributed by atoms with van der Waals surface area (Å²) in [5.41, 5.74) is -1.66. The lowest BCUT2D eigenvalue weighted by atomic mass is 10.2. The van der Waals surface area contributed by atoms with Crippen LogP contribution < -0.4 is 10.1 Å². The average Bonchev–Trinajstić information content (AvgIpc) is 3.09. The molecule has 0 aliphatic heterocycles. The summed E-state index contributed by atoms with van der Waals surface area (Å²) in [7, 11) is 0. The number of nitrogens with zero attached hydrogens (tertiary/aromatic N) is 2. The fourth-order valence-electron chi connectivity index (χ4n) is 2.47. The first-order valence-electron chi connectivity index (χ1n) is 7.82. The zero-order valence-electron chi connectivity index (χ0n) is 14.0. The molecule has 1 N–H and O–H groups in total. The molecule has 0 aliphatic rings. The standard InChI is InChI=1S/C18H12F5N3O2/c19-17(20)28-13-8-6-11(7-9-13)25-16(27)14-10-24-26(15(14)18(21,22)23)12-4-2-1-3-5-12/h1-10,17H,(H,25,27). The average molecular weight is 397 g/mol. The largest absolute Gasteiger partial charge is 0.435 e. The molecule has 3 aromatic rings. The maximum Gasteiger partial charge on any atom is 0.434 e. The molecule has 1 heterocycles. The topological polar surface area (TPSA) is 56.1 Å². The van der Waals surface area contributed by atoms with Gasteiger partial charge in [-0.25, -0.2) is 4.68 Å². The molecule has 146 valence electrons. The maximum atomic E-state index is 13.6. The Balaban J connectivity index is 1.89. The number of anilines is 1. The van der Waals surface area contributed by atoms with Gasteiger partial charge in [0.25, 0.3) is 5.91 Å². The number of ether oxygens (including phenoxy) is 1. The molecule has 0 saturated carbocycles. The molecule has 0 unspecified atom stereocenters. The number of carbonyl (C=O) groups is 1. The number of nitrogens with one attached hydrogen (secondary N) is 1. The minimum absolute atomic E-state index is 0.104. The van der Waals surface area contributed by atoms with Gasteiger partial charge in [-0.05, 0) is 36.4 Å². The number of hydrogen-bond donors (Lipinski definition) is 1. The number of amides is 1. The summed E-state index contributed by atoms with van der Waals surface area (Å²) >= 11 is 0. The molecule has 2 aromatic carbocycles. The van der Waals surface area contributed by atoms with Crippen LogP contribution in [0.5, 0.6) is 5.75 Å². The van der Waals surface area contributed by atoms with Gasteiger partial charge in [0, 0.05) is 5.69 Å². The molecule has 0 saturated heterocycles. The first-order valence-corrected chi connectivity index (χ1v) is 7.82. The van der Waals surface area contributed by atoms with Crippen LogP contribution in [0.1, 0.15) is 16.1 Å². The lowest BCUT2D eigenvalue weighted by Gasteiger charge is -2.13. The molecule has 5 nitrogen and oxygen atoms in total. The van der Waals surface area contributed by atoms with Gasteiger partial charge in [0.15, 0.2) is 5.69 Å². The maximum absolute atomic E-state index is 13.6. The van der Waals surface area contributed by atoms with Gasteiger partial charge in [0.05, 0.1) is 17.4 Å². The highest BCUT2D eigenvalue weighted by Crippen LogP contribution is 2.34. The van der Waals surface area contributed by atoms with Gasteiger partial charge >= 0.3 is 12.8 Å².